The Hall–Kier alpha value is -3.36. The molecule has 0 saturated heterocycles. The van der Waals surface area contributed by atoms with Crippen molar-refractivity contribution in [2.45, 2.75) is 315 Å². The zero-order valence-corrected chi connectivity index (χ0v) is 58.1. The van der Waals surface area contributed by atoms with Crippen molar-refractivity contribution in [3.05, 3.63) is 134 Å². The van der Waals surface area contributed by atoms with Crippen LogP contribution in [0.4, 0.5) is 0 Å². The van der Waals surface area contributed by atoms with Crippen LogP contribution in [0.5, 0.6) is 0 Å². The van der Waals surface area contributed by atoms with Crippen LogP contribution in [-0.4, -0.2) is 73.4 Å². The summed E-state index contributed by atoms with van der Waals surface area (Å²) in [7, 11) is 1.53. The van der Waals surface area contributed by atoms with Gasteiger partial charge in [0.2, 0.25) is 5.91 Å². The van der Waals surface area contributed by atoms with Gasteiger partial charge in [-0.15, -0.1) is 0 Å². The van der Waals surface area contributed by atoms with Crippen molar-refractivity contribution in [3.63, 3.8) is 0 Å². The second-order valence-corrected chi connectivity index (χ2v) is 26.7. The Bertz CT molecular complexity index is 1880. The molecule has 0 aliphatic rings. The van der Waals surface area contributed by atoms with E-state index < -0.39 is 20.0 Å². The number of rotatable bonds is 65. The van der Waals surface area contributed by atoms with Crippen LogP contribution < -0.4 is 5.32 Å². The van der Waals surface area contributed by atoms with Gasteiger partial charge in [0.05, 0.1) is 39.9 Å². The molecule has 0 rings (SSSR count). The zero-order valence-electron chi connectivity index (χ0n) is 57.2. The monoisotopic (exact) mass is 1230 g/mol. The second-order valence-electron chi connectivity index (χ2n) is 25.2. The van der Waals surface area contributed by atoms with Crippen LogP contribution in [0, 0.1) is 0 Å². The molecule has 0 aliphatic heterocycles. The molecule has 500 valence electrons. The summed E-state index contributed by atoms with van der Waals surface area (Å²) in [6.07, 6.45) is 102. The number of nitrogens with one attached hydrogen (secondary N) is 1. The Morgan fingerprint density at radius 3 is 1.01 bits per heavy atom. The van der Waals surface area contributed by atoms with E-state index >= 15 is 0 Å². The fourth-order valence-electron chi connectivity index (χ4n) is 10.1. The highest BCUT2D eigenvalue weighted by molar-refractivity contribution is 7.47. The Morgan fingerprint density at radius 1 is 0.402 bits per heavy atom. The molecule has 0 bridgehead atoms. The third-order valence-electron chi connectivity index (χ3n) is 15.6. The molecule has 0 radical (unpaired) electrons. The van der Waals surface area contributed by atoms with Crippen LogP contribution in [0.15, 0.2) is 134 Å². The minimum absolute atomic E-state index is 0.0459. The van der Waals surface area contributed by atoms with E-state index in [1.165, 1.54) is 180 Å². The number of unbranched alkanes of at least 4 members (excludes halogenated alkanes) is 32. The number of quaternary nitrogens is 1. The van der Waals surface area contributed by atoms with Crippen molar-refractivity contribution in [3.8, 4) is 0 Å². The van der Waals surface area contributed by atoms with Crippen molar-refractivity contribution in [2.24, 2.45) is 0 Å². The zero-order chi connectivity index (χ0) is 63.4. The molecule has 0 aromatic carbocycles. The highest BCUT2D eigenvalue weighted by Crippen LogP contribution is 2.43. The van der Waals surface area contributed by atoms with E-state index in [-0.39, 0.29) is 19.1 Å². The number of aliphatic hydroxyl groups excluding tert-OH is 1. The Balaban J connectivity index is 4.20. The first kappa shape index (κ1) is 83.6. The van der Waals surface area contributed by atoms with Gasteiger partial charge in [0.15, 0.2) is 0 Å². The van der Waals surface area contributed by atoms with E-state index in [0.717, 1.165) is 96.3 Å². The van der Waals surface area contributed by atoms with Crippen molar-refractivity contribution in [1.82, 2.24) is 5.32 Å². The SMILES string of the molecule is CC/C=C\C/C=C\C/C=C\C/C=C\C/C=C\C/C=C\C/C=C\C/C=C\C/C=C\C/C=C\CCCCC(=O)NC(COP(=O)(O)OCC[N+](C)(C)C)C(O)/C=C/CCCCCCCCCCCCCCCCCCCCCCCCCCCCCCCC. The van der Waals surface area contributed by atoms with Gasteiger partial charge in [-0.3, -0.25) is 13.8 Å². The van der Waals surface area contributed by atoms with E-state index in [0.29, 0.717) is 23.9 Å². The number of nitrogens with zero attached hydrogens (tertiary/aromatic N) is 1. The lowest BCUT2D eigenvalue weighted by Gasteiger charge is -2.25. The van der Waals surface area contributed by atoms with E-state index in [2.05, 4.69) is 141 Å². The minimum atomic E-state index is -4.38. The first-order valence-electron chi connectivity index (χ1n) is 36.1. The first-order chi connectivity index (χ1) is 42.5. The third-order valence-corrected chi connectivity index (χ3v) is 16.6. The van der Waals surface area contributed by atoms with Gasteiger partial charge < -0.3 is 19.8 Å². The Labute approximate surface area is 538 Å². The number of aliphatic hydroxyl groups is 1. The number of amides is 1. The number of phosphoric ester groups is 1. The normalized spacial score (nSPS) is 14.4. The van der Waals surface area contributed by atoms with Crippen LogP contribution in [0.3, 0.4) is 0 Å². The summed E-state index contributed by atoms with van der Waals surface area (Å²) in [5.41, 5.74) is 0. The number of hydrogen-bond acceptors (Lipinski definition) is 5. The van der Waals surface area contributed by atoms with Crippen molar-refractivity contribution < 1.29 is 32.9 Å². The minimum Gasteiger partial charge on any atom is -0.387 e. The van der Waals surface area contributed by atoms with E-state index in [1.54, 1.807) is 6.08 Å². The molecule has 0 aromatic rings. The van der Waals surface area contributed by atoms with Gasteiger partial charge in [-0.1, -0.05) is 334 Å². The van der Waals surface area contributed by atoms with Gasteiger partial charge in [-0.25, -0.2) is 4.57 Å². The van der Waals surface area contributed by atoms with Crippen LogP contribution in [0.1, 0.15) is 303 Å². The van der Waals surface area contributed by atoms with Crippen LogP contribution in [0.2, 0.25) is 0 Å². The lowest BCUT2D eigenvalue weighted by Crippen LogP contribution is -2.45. The molecule has 0 fully saturated rings. The van der Waals surface area contributed by atoms with Gasteiger partial charge >= 0.3 is 7.82 Å². The van der Waals surface area contributed by atoms with Crippen molar-refractivity contribution in [2.75, 3.05) is 40.9 Å². The maximum absolute atomic E-state index is 13.0. The molecule has 3 unspecified atom stereocenters. The molecular weight excluding hydrogens is 1090 g/mol. The van der Waals surface area contributed by atoms with Crippen LogP contribution in [0.25, 0.3) is 0 Å². The number of phosphoric acid groups is 1. The second kappa shape index (κ2) is 67.0. The molecule has 0 heterocycles. The van der Waals surface area contributed by atoms with Crippen LogP contribution >= 0.6 is 7.82 Å². The van der Waals surface area contributed by atoms with Gasteiger partial charge in [0.25, 0.3) is 0 Å². The molecule has 8 nitrogen and oxygen atoms in total. The van der Waals surface area contributed by atoms with Crippen molar-refractivity contribution >= 4 is 13.7 Å². The van der Waals surface area contributed by atoms with E-state index in [1.807, 2.05) is 27.2 Å². The average Bonchev–Trinajstić information content (AvgIpc) is 3.71. The molecular formula is C78H138N2O6P+. The van der Waals surface area contributed by atoms with Gasteiger partial charge in [0.1, 0.15) is 13.2 Å². The summed E-state index contributed by atoms with van der Waals surface area (Å²) in [5.74, 6) is -0.221. The Morgan fingerprint density at radius 2 is 0.690 bits per heavy atom. The fraction of sp³-hybridized carbons (Fsp3) is 0.705. The van der Waals surface area contributed by atoms with Gasteiger partial charge in [0, 0.05) is 6.42 Å². The molecule has 3 N–H and O–H groups in total. The number of hydrogen-bond donors (Lipinski definition) is 3. The summed E-state index contributed by atoms with van der Waals surface area (Å²) >= 11 is 0. The smallest absolute Gasteiger partial charge is 0.387 e. The maximum atomic E-state index is 13.0. The molecule has 0 spiro atoms. The topological polar surface area (TPSA) is 105 Å². The predicted octanol–water partition coefficient (Wildman–Crippen LogP) is 23.4. The number of carbonyl (C=O) groups is 1. The lowest BCUT2D eigenvalue weighted by molar-refractivity contribution is -0.870. The quantitative estimate of drug-likeness (QED) is 0.0243. The summed E-state index contributed by atoms with van der Waals surface area (Å²) in [5, 5.41) is 14.0. The molecule has 9 heteroatoms. The number of likely N-dealkylation sites (N-methyl/N-ethyl adjacent to an activating group) is 1. The summed E-state index contributed by atoms with van der Waals surface area (Å²) in [4.78, 5) is 23.4. The maximum Gasteiger partial charge on any atom is 0.472 e. The predicted molar refractivity (Wildman–Crippen MR) is 382 cm³/mol. The lowest BCUT2D eigenvalue weighted by atomic mass is 10.0. The van der Waals surface area contributed by atoms with E-state index in [9.17, 15) is 19.4 Å². The van der Waals surface area contributed by atoms with Crippen LogP contribution in [-0.2, 0) is 18.4 Å². The first-order valence-corrected chi connectivity index (χ1v) is 37.6. The highest BCUT2D eigenvalue weighted by Gasteiger charge is 2.28. The van der Waals surface area contributed by atoms with E-state index in [4.69, 9.17) is 9.05 Å². The molecule has 0 aromatic heterocycles. The molecule has 0 saturated carbocycles. The molecule has 87 heavy (non-hydrogen) atoms. The molecule has 3 atom stereocenters. The summed E-state index contributed by atoms with van der Waals surface area (Å²) in [6.45, 7) is 4.69. The average molecular weight is 1230 g/mol. The van der Waals surface area contributed by atoms with Gasteiger partial charge in [-0.05, 0) is 96.3 Å². The largest absolute Gasteiger partial charge is 0.472 e. The Kier molecular flexibility index (Phi) is 64.5. The number of allylic oxidation sites excluding steroid dienone is 21. The number of carbonyl (C=O) groups excluding carboxylic acids is 1. The third kappa shape index (κ3) is 70.0. The summed E-state index contributed by atoms with van der Waals surface area (Å²) in [6, 6.07) is -0.883. The summed E-state index contributed by atoms with van der Waals surface area (Å²) < 4.78 is 23.8. The fourth-order valence-corrected chi connectivity index (χ4v) is 10.8. The van der Waals surface area contributed by atoms with Gasteiger partial charge in [-0.2, -0.15) is 0 Å². The molecule has 0 aliphatic carbocycles. The molecule has 1 amide bonds. The highest BCUT2D eigenvalue weighted by atomic mass is 31.2. The van der Waals surface area contributed by atoms with Crippen molar-refractivity contribution in [1.29, 1.82) is 0 Å². The standard InChI is InChI=1S/C78H137N2O6P/c1-6-8-10-12-14-16-18-20-22-24-26-28-30-32-34-36-38-40-42-44-46-48-50-52-54-56-58-60-62-64-66-68-70-72-78(82)79-76(75-86-87(83,84)85-74-73-80(3,4)5)77(81)71-69-67-65-63-61-59-57-55-53-51-49-47-45-43-41-39-37-35-33-31-29-27-25-23-21-19-17-15-13-11-9-7-2/h8,10,14,16,20,22,26,28,32,34,38,40,44,46,50,52,56,58,62,64,69,71,76-77,81H,6-7,9,11-13,15,17-19,21,23-25,27,29-31,33,35-37,39,41-43,45,47-49,51,53-55,57,59-61,63,65-68,70,72-75H2,1-5H3,(H-,79,82,83,84)/p+1/b10-8-,16-14-,22-20-,28-26-,34-32-,40-38-,46-44-,52-50-,58-56-,64-62-,71-69+.